The molecule has 0 saturated heterocycles. The molecule has 0 N–H and O–H groups in total. The van der Waals surface area contributed by atoms with E-state index in [4.69, 9.17) is 4.18 Å². The van der Waals surface area contributed by atoms with Crippen LogP contribution in [-0.2, 0) is 10.1 Å². The summed E-state index contributed by atoms with van der Waals surface area (Å²) < 4.78 is 29.7. The lowest BCUT2D eigenvalue weighted by Gasteiger charge is -2.08. The average molecular weight is 325 g/mol. The fourth-order valence-corrected chi connectivity index (χ4v) is 3.01. The van der Waals surface area contributed by atoms with Gasteiger partial charge in [0, 0.05) is 12.3 Å². The van der Waals surface area contributed by atoms with Crippen molar-refractivity contribution in [3.05, 3.63) is 78.5 Å². The number of rotatable bonds is 4. The molecule has 3 rings (SSSR count). The number of aryl methyl sites for hydroxylation is 1. The van der Waals surface area contributed by atoms with Crippen LogP contribution in [0.5, 0.6) is 5.88 Å². The quantitative estimate of drug-likeness (QED) is 0.684. The van der Waals surface area contributed by atoms with Crippen LogP contribution in [-0.4, -0.2) is 13.4 Å². The van der Waals surface area contributed by atoms with Gasteiger partial charge in [0.25, 0.3) is 0 Å². The van der Waals surface area contributed by atoms with Gasteiger partial charge < -0.3 is 4.18 Å². The lowest BCUT2D eigenvalue weighted by molar-refractivity contribution is 0.476. The Morgan fingerprint density at radius 3 is 2.26 bits per heavy atom. The third-order valence-corrected chi connectivity index (χ3v) is 4.59. The lowest BCUT2D eigenvalue weighted by Crippen LogP contribution is -2.10. The van der Waals surface area contributed by atoms with Gasteiger partial charge in [0.1, 0.15) is 4.90 Å². The molecular weight excluding hydrogens is 310 g/mol. The number of hydrogen-bond donors (Lipinski definition) is 0. The van der Waals surface area contributed by atoms with Crippen molar-refractivity contribution in [2.45, 2.75) is 11.8 Å². The van der Waals surface area contributed by atoms with E-state index in [1.54, 1.807) is 24.3 Å². The van der Waals surface area contributed by atoms with Gasteiger partial charge in [-0.05, 0) is 36.2 Å². The summed E-state index contributed by atoms with van der Waals surface area (Å²) in [6.07, 6.45) is 1.53. The standard InChI is InChI=1S/C18H15NO3S/c1-14-7-9-17(10-8-14)23(20,21)22-18-13-16(11-12-19-18)15-5-3-2-4-6-15/h2-13H,1H3. The van der Waals surface area contributed by atoms with Gasteiger partial charge >= 0.3 is 10.1 Å². The summed E-state index contributed by atoms with van der Waals surface area (Å²) in [5.41, 5.74) is 2.79. The molecule has 1 heterocycles. The minimum atomic E-state index is -3.89. The van der Waals surface area contributed by atoms with Gasteiger partial charge in [-0.15, -0.1) is 0 Å². The summed E-state index contributed by atoms with van der Waals surface area (Å²) in [6.45, 7) is 1.89. The number of aromatic nitrogens is 1. The Kier molecular flexibility index (Phi) is 4.12. The van der Waals surface area contributed by atoms with Crippen molar-refractivity contribution in [1.29, 1.82) is 0 Å². The van der Waals surface area contributed by atoms with Crippen LogP contribution in [0, 0.1) is 6.92 Å². The summed E-state index contributed by atoms with van der Waals surface area (Å²) >= 11 is 0. The Bertz CT molecular complexity index is 905. The van der Waals surface area contributed by atoms with Gasteiger partial charge in [0.15, 0.2) is 0 Å². The third-order valence-electron chi connectivity index (χ3n) is 3.35. The molecular formula is C18H15NO3S. The topological polar surface area (TPSA) is 56.3 Å². The smallest absolute Gasteiger partial charge is 0.340 e. The lowest BCUT2D eigenvalue weighted by atomic mass is 10.1. The zero-order chi connectivity index (χ0) is 16.3. The second-order valence-electron chi connectivity index (χ2n) is 5.10. The van der Waals surface area contributed by atoms with Crippen LogP contribution in [0.15, 0.2) is 77.8 Å². The van der Waals surface area contributed by atoms with E-state index < -0.39 is 10.1 Å². The minimum absolute atomic E-state index is 0.0481. The van der Waals surface area contributed by atoms with E-state index in [1.807, 2.05) is 37.3 Å². The van der Waals surface area contributed by atoms with Crippen LogP contribution in [0.4, 0.5) is 0 Å². The maximum atomic E-state index is 12.3. The SMILES string of the molecule is Cc1ccc(S(=O)(=O)Oc2cc(-c3ccccc3)ccn2)cc1. The highest BCUT2D eigenvalue weighted by atomic mass is 32.2. The van der Waals surface area contributed by atoms with Crippen molar-refractivity contribution < 1.29 is 12.6 Å². The first-order valence-corrected chi connectivity index (χ1v) is 8.48. The summed E-state index contributed by atoms with van der Waals surface area (Å²) in [5.74, 6) is 0.0481. The van der Waals surface area contributed by atoms with E-state index in [9.17, 15) is 8.42 Å². The van der Waals surface area contributed by atoms with Gasteiger partial charge in [0.05, 0.1) is 0 Å². The highest BCUT2D eigenvalue weighted by Gasteiger charge is 2.17. The molecule has 0 aliphatic rings. The zero-order valence-corrected chi connectivity index (χ0v) is 13.3. The second kappa shape index (κ2) is 6.22. The molecule has 0 amide bonds. The molecule has 0 aliphatic heterocycles. The molecule has 0 spiro atoms. The van der Waals surface area contributed by atoms with E-state index in [0.29, 0.717) is 0 Å². The van der Waals surface area contributed by atoms with E-state index in [0.717, 1.165) is 16.7 Å². The third kappa shape index (κ3) is 3.57. The number of benzene rings is 2. The van der Waals surface area contributed by atoms with Crippen LogP contribution >= 0.6 is 0 Å². The number of hydrogen-bond acceptors (Lipinski definition) is 4. The van der Waals surface area contributed by atoms with Crippen LogP contribution in [0.2, 0.25) is 0 Å². The summed E-state index contributed by atoms with van der Waals surface area (Å²) in [5, 5.41) is 0. The molecule has 0 atom stereocenters. The van der Waals surface area contributed by atoms with Crippen molar-refractivity contribution in [3.8, 4) is 17.0 Å². The average Bonchev–Trinajstić information content (AvgIpc) is 2.56. The van der Waals surface area contributed by atoms with Gasteiger partial charge in [-0.25, -0.2) is 4.98 Å². The second-order valence-corrected chi connectivity index (χ2v) is 6.65. The van der Waals surface area contributed by atoms with Crippen molar-refractivity contribution >= 4 is 10.1 Å². The molecule has 0 unspecified atom stereocenters. The molecule has 0 aliphatic carbocycles. The minimum Gasteiger partial charge on any atom is -0.358 e. The first kappa shape index (κ1) is 15.2. The molecule has 2 aromatic carbocycles. The predicted octanol–water partition coefficient (Wildman–Crippen LogP) is 3.82. The van der Waals surface area contributed by atoms with E-state index in [2.05, 4.69) is 4.98 Å². The Morgan fingerprint density at radius 1 is 0.870 bits per heavy atom. The number of pyridine rings is 1. The fraction of sp³-hybridized carbons (Fsp3) is 0.0556. The fourth-order valence-electron chi connectivity index (χ4n) is 2.13. The van der Waals surface area contributed by atoms with Crippen LogP contribution in [0.3, 0.4) is 0 Å². The Balaban J connectivity index is 1.90. The molecule has 3 aromatic rings. The first-order valence-electron chi connectivity index (χ1n) is 7.07. The zero-order valence-electron chi connectivity index (χ0n) is 12.5. The highest BCUT2D eigenvalue weighted by Crippen LogP contribution is 2.24. The van der Waals surface area contributed by atoms with Crippen molar-refractivity contribution in [2.24, 2.45) is 0 Å². The van der Waals surface area contributed by atoms with Crippen molar-refractivity contribution in [1.82, 2.24) is 4.98 Å². The van der Waals surface area contributed by atoms with Gasteiger partial charge in [0.2, 0.25) is 5.88 Å². The van der Waals surface area contributed by atoms with Gasteiger partial charge in [-0.3, -0.25) is 0 Å². The van der Waals surface area contributed by atoms with Crippen molar-refractivity contribution in [2.75, 3.05) is 0 Å². The maximum absolute atomic E-state index is 12.3. The molecule has 23 heavy (non-hydrogen) atoms. The summed E-state index contributed by atoms with van der Waals surface area (Å²) in [4.78, 5) is 4.10. The maximum Gasteiger partial charge on any atom is 0.340 e. The highest BCUT2D eigenvalue weighted by molar-refractivity contribution is 7.87. The molecule has 1 aromatic heterocycles. The first-order chi connectivity index (χ1) is 11.0. The molecule has 0 radical (unpaired) electrons. The number of nitrogens with zero attached hydrogens (tertiary/aromatic N) is 1. The molecule has 0 bridgehead atoms. The molecule has 116 valence electrons. The Hall–Kier alpha value is -2.66. The molecule has 4 nitrogen and oxygen atoms in total. The van der Waals surface area contributed by atoms with Gasteiger partial charge in [-0.2, -0.15) is 8.42 Å². The van der Waals surface area contributed by atoms with Crippen LogP contribution < -0.4 is 4.18 Å². The molecule has 5 heteroatoms. The van der Waals surface area contributed by atoms with Crippen molar-refractivity contribution in [3.63, 3.8) is 0 Å². The summed E-state index contributed by atoms with van der Waals surface area (Å²) in [7, 11) is -3.89. The predicted molar refractivity (Wildman–Crippen MR) is 88.7 cm³/mol. The van der Waals surface area contributed by atoms with Gasteiger partial charge in [-0.1, -0.05) is 48.0 Å². The van der Waals surface area contributed by atoms with E-state index in [1.165, 1.54) is 18.3 Å². The summed E-state index contributed by atoms with van der Waals surface area (Å²) in [6, 6.07) is 19.5. The Labute approximate surface area is 135 Å². The van der Waals surface area contributed by atoms with Crippen LogP contribution in [0.1, 0.15) is 5.56 Å². The Morgan fingerprint density at radius 2 is 1.57 bits per heavy atom. The molecule has 0 fully saturated rings. The van der Waals surface area contributed by atoms with E-state index in [-0.39, 0.29) is 10.8 Å². The monoisotopic (exact) mass is 325 g/mol. The largest absolute Gasteiger partial charge is 0.358 e. The normalized spacial score (nSPS) is 11.2. The van der Waals surface area contributed by atoms with E-state index >= 15 is 0 Å². The van der Waals surface area contributed by atoms with Crippen LogP contribution in [0.25, 0.3) is 11.1 Å². The molecule has 0 saturated carbocycles.